The largest absolute Gasteiger partial charge is 0.497 e. The van der Waals surface area contributed by atoms with Gasteiger partial charge in [-0.3, -0.25) is 4.79 Å². The Balaban J connectivity index is 2.09. The molecule has 104 valence electrons. The van der Waals surface area contributed by atoms with Gasteiger partial charge in [-0.25, -0.2) is 4.39 Å². The Bertz CT molecular complexity index is 608. The molecule has 0 saturated carbocycles. The van der Waals surface area contributed by atoms with Crippen LogP contribution in [0.4, 0.5) is 10.1 Å². The Morgan fingerprint density at radius 3 is 2.50 bits per heavy atom. The second kappa shape index (κ2) is 6.19. The van der Waals surface area contributed by atoms with Crippen molar-refractivity contribution in [2.45, 2.75) is 13.5 Å². The van der Waals surface area contributed by atoms with Crippen LogP contribution in [0.3, 0.4) is 0 Å². The molecule has 4 heteroatoms. The molecule has 20 heavy (non-hydrogen) atoms. The van der Waals surface area contributed by atoms with Crippen LogP contribution in [-0.4, -0.2) is 12.9 Å². The Morgan fingerprint density at radius 2 is 1.90 bits per heavy atom. The molecule has 0 heterocycles. The Hall–Kier alpha value is -2.36. The van der Waals surface area contributed by atoms with E-state index in [9.17, 15) is 9.18 Å². The van der Waals surface area contributed by atoms with E-state index in [2.05, 4.69) is 5.32 Å². The fraction of sp³-hybridized carbons (Fsp3) is 0.188. The summed E-state index contributed by atoms with van der Waals surface area (Å²) >= 11 is 0. The van der Waals surface area contributed by atoms with Crippen LogP contribution in [0.5, 0.6) is 5.75 Å². The van der Waals surface area contributed by atoms with Crippen molar-refractivity contribution in [1.82, 2.24) is 0 Å². The van der Waals surface area contributed by atoms with E-state index in [0.29, 0.717) is 17.8 Å². The second-order valence-electron chi connectivity index (χ2n) is 4.45. The number of ether oxygens (including phenoxy) is 1. The normalized spacial score (nSPS) is 10.2. The van der Waals surface area contributed by atoms with E-state index in [-0.39, 0.29) is 11.6 Å². The summed E-state index contributed by atoms with van der Waals surface area (Å²) in [6.45, 7) is 1.93. The summed E-state index contributed by atoms with van der Waals surface area (Å²) in [4.78, 5) is 11.3. The molecule has 0 saturated heterocycles. The Kier molecular flexibility index (Phi) is 4.35. The summed E-state index contributed by atoms with van der Waals surface area (Å²) in [7, 11) is 1.61. The predicted octanol–water partition coefficient (Wildman–Crippen LogP) is 3.65. The molecule has 2 rings (SSSR count). The molecule has 2 aromatic rings. The first-order chi connectivity index (χ1) is 9.60. The standard InChI is InChI=1S/C16H16FNO2/c1-11(19)13-5-8-15(17)16(9-13)18-10-12-3-6-14(20-2)7-4-12/h3-9,18H,10H2,1-2H3. The van der Waals surface area contributed by atoms with Gasteiger partial charge in [0, 0.05) is 12.1 Å². The number of nitrogens with one attached hydrogen (secondary N) is 1. The summed E-state index contributed by atoms with van der Waals surface area (Å²) < 4.78 is 18.7. The average Bonchev–Trinajstić information content (AvgIpc) is 2.46. The monoisotopic (exact) mass is 273 g/mol. The number of methoxy groups -OCH3 is 1. The van der Waals surface area contributed by atoms with Crippen molar-refractivity contribution in [3.63, 3.8) is 0 Å². The molecular formula is C16H16FNO2. The number of rotatable bonds is 5. The number of carbonyl (C=O) groups is 1. The smallest absolute Gasteiger partial charge is 0.159 e. The van der Waals surface area contributed by atoms with Crippen molar-refractivity contribution in [2.24, 2.45) is 0 Å². The van der Waals surface area contributed by atoms with E-state index in [4.69, 9.17) is 4.74 Å². The first kappa shape index (κ1) is 14.1. The average molecular weight is 273 g/mol. The third-order valence-corrected chi connectivity index (χ3v) is 3.01. The van der Waals surface area contributed by atoms with Crippen molar-refractivity contribution in [3.05, 3.63) is 59.4 Å². The quantitative estimate of drug-likeness (QED) is 0.845. The van der Waals surface area contributed by atoms with Crippen LogP contribution >= 0.6 is 0 Å². The van der Waals surface area contributed by atoms with Gasteiger partial charge in [-0.2, -0.15) is 0 Å². The van der Waals surface area contributed by atoms with Crippen molar-refractivity contribution in [1.29, 1.82) is 0 Å². The number of anilines is 1. The van der Waals surface area contributed by atoms with Crippen molar-refractivity contribution < 1.29 is 13.9 Å². The van der Waals surface area contributed by atoms with Crippen LogP contribution in [0.2, 0.25) is 0 Å². The number of hydrogen-bond donors (Lipinski definition) is 1. The lowest BCUT2D eigenvalue weighted by atomic mass is 10.1. The zero-order valence-electron chi connectivity index (χ0n) is 11.4. The van der Waals surface area contributed by atoms with E-state index in [1.165, 1.54) is 25.1 Å². The van der Waals surface area contributed by atoms with Gasteiger partial charge in [-0.1, -0.05) is 12.1 Å². The van der Waals surface area contributed by atoms with Gasteiger partial charge >= 0.3 is 0 Å². The maximum atomic E-state index is 13.7. The molecule has 0 amide bonds. The molecule has 0 bridgehead atoms. The lowest BCUT2D eigenvalue weighted by molar-refractivity contribution is 0.101. The van der Waals surface area contributed by atoms with Crippen molar-refractivity contribution >= 4 is 11.5 Å². The van der Waals surface area contributed by atoms with E-state index in [1.807, 2.05) is 24.3 Å². The maximum absolute atomic E-state index is 13.7. The first-order valence-corrected chi connectivity index (χ1v) is 6.27. The predicted molar refractivity (Wildman–Crippen MR) is 76.7 cm³/mol. The number of ketones is 1. The van der Waals surface area contributed by atoms with Crippen LogP contribution in [0, 0.1) is 5.82 Å². The highest BCUT2D eigenvalue weighted by Gasteiger charge is 2.06. The van der Waals surface area contributed by atoms with Gasteiger partial charge < -0.3 is 10.1 Å². The summed E-state index contributed by atoms with van der Waals surface area (Å²) in [5.41, 5.74) is 1.82. The van der Waals surface area contributed by atoms with Gasteiger partial charge in [0.1, 0.15) is 11.6 Å². The van der Waals surface area contributed by atoms with Crippen LogP contribution in [0.15, 0.2) is 42.5 Å². The third kappa shape index (κ3) is 3.35. The highest BCUT2D eigenvalue weighted by atomic mass is 19.1. The minimum atomic E-state index is -0.372. The third-order valence-electron chi connectivity index (χ3n) is 3.01. The van der Waals surface area contributed by atoms with Crippen LogP contribution in [0.1, 0.15) is 22.8 Å². The van der Waals surface area contributed by atoms with Crippen LogP contribution in [-0.2, 0) is 6.54 Å². The van der Waals surface area contributed by atoms with Crippen molar-refractivity contribution in [3.8, 4) is 5.75 Å². The second-order valence-corrected chi connectivity index (χ2v) is 4.45. The highest BCUT2D eigenvalue weighted by Crippen LogP contribution is 2.18. The van der Waals surface area contributed by atoms with E-state index >= 15 is 0 Å². The molecule has 0 aliphatic heterocycles. The molecule has 0 unspecified atom stereocenters. The van der Waals surface area contributed by atoms with Gasteiger partial charge in [-0.15, -0.1) is 0 Å². The minimum Gasteiger partial charge on any atom is -0.497 e. The molecule has 0 aromatic heterocycles. The molecule has 3 nitrogen and oxygen atoms in total. The van der Waals surface area contributed by atoms with E-state index < -0.39 is 0 Å². The molecule has 0 fully saturated rings. The molecule has 1 N–H and O–H groups in total. The molecule has 0 aliphatic rings. The highest BCUT2D eigenvalue weighted by molar-refractivity contribution is 5.94. The van der Waals surface area contributed by atoms with Gasteiger partial charge in [0.2, 0.25) is 0 Å². The molecule has 2 aromatic carbocycles. The van der Waals surface area contributed by atoms with Gasteiger partial charge in [0.25, 0.3) is 0 Å². The Morgan fingerprint density at radius 1 is 1.20 bits per heavy atom. The minimum absolute atomic E-state index is 0.0857. The molecule has 0 aliphatic carbocycles. The molecule has 0 atom stereocenters. The van der Waals surface area contributed by atoms with Crippen LogP contribution < -0.4 is 10.1 Å². The topological polar surface area (TPSA) is 38.3 Å². The summed E-state index contributed by atoms with van der Waals surface area (Å²) in [5, 5.41) is 2.99. The Labute approximate surface area is 117 Å². The number of halogens is 1. The molecular weight excluding hydrogens is 257 g/mol. The SMILES string of the molecule is COc1ccc(CNc2cc(C(C)=O)ccc2F)cc1. The molecule has 0 radical (unpaired) electrons. The van der Waals surface area contributed by atoms with Gasteiger partial charge in [0.05, 0.1) is 12.8 Å². The number of Topliss-reactive ketones (excluding diaryl/α,β-unsaturated/α-hetero) is 1. The molecule has 0 spiro atoms. The first-order valence-electron chi connectivity index (χ1n) is 6.27. The van der Waals surface area contributed by atoms with Crippen LogP contribution in [0.25, 0.3) is 0 Å². The maximum Gasteiger partial charge on any atom is 0.159 e. The van der Waals surface area contributed by atoms with Crippen molar-refractivity contribution in [2.75, 3.05) is 12.4 Å². The van der Waals surface area contributed by atoms with E-state index in [0.717, 1.165) is 11.3 Å². The lowest BCUT2D eigenvalue weighted by Gasteiger charge is -2.09. The zero-order chi connectivity index (χ0) is 14.5. The zero-order valence-corrected chi connectivity index (χ0v) is 11.4. The van der Waals surface area contributed by atoms with Gasteiger partial charge in [0.15, 0.2) is 5.78 Å². The summed E-state index contributed by atoms with van der Waals surface area (Å²) in [6.07, 6.45) is 0. The fourth-order valence-electron chi connectivity index (χ4n) is 1.82. The summed E-state index contributed by atoms with van der Waals surface area (Å²) in [6, 6.07) is 11.8. The van der Waals surface area contributed by atoms with Gasteiger partial charge in [-0.05, 0) is 42.8 Å². The number of carbonyl (C=O) groups excluding carboxylic acids is 1. The lowest BCUT2D eigenvalue weighted by Crippen LogP contribution is -2.03. The number of benzene rings is 2. The summed E-state index contributed by atoms with van der Waals surface area (Å²) in [5.74, 6) is 0.319. The number of hydrogen-bond acceptors (Lipinski definition) is 3. The van der Waals surface area contributed by atoms with E-state index in [1.54, 1.807) is 7.11 Å². The fourth-order valence-corrected chi connectivity index (χ4v) is 1.82.